The highest BCUT2D eigenvalue weighted by Crippen LogP contribution is 2.55. The van der Waals surface area contributed by atoms with Crippen LogP contribution in [0, 0.1) is 5.82 Å². The van der Waals surface area contributed by atoms with Crippen LogP contribution in [-0.2, 0) is 16.9 Å². The second kappa shape index (κ2) is 9.21. The zero-order chi connectivity index (χ0) is 29.6. The quantitative estimate of drug-likeness (QED) is 0.206. The lowest BCUT2D eigenvalue weighted by molar-refractivity contribution is -0.121. The number of hydrogen-bond acceptors (Lipinski definition) is 6. The van der Waals surface area contributed by atoms with Gasteiger partial charge in [-0.15, -0.1) is 0 Å². The maximum absolute atomic E-state index is 15.0. The lowest BCUT2D eigenvalue weighted by Gasteiger charge is -2.32. The van der Waals surface area contributed by atoms with Crippen LogP contribution in [0.3, 0.4) is 0 Å². The van der Waals surface area contributed by atoms with Crippen LogP contribution in [0.5, 0.6) is 0 Å². The van der Waals surface area contributed by atoms with E-state index in [1.807, 2.05) is 0 Å². The molecule has 4 aromatic carbocycles. The summed E-state index contributed by atoms with van der Waals surface area (Å²) < 4.78 is 20.5. The fourth-order valence-electron chi connectivity index (χ4n) is 6.05. The van der Waals surface area contributed by atoms with Crippen molar-refractivity contribution in [1.82, 2.24) is 4.98 Å². The molecule has 0 bridgehead atoms. The van der Waals surface area contributed by atoms with Gasteiger partial charge in [-0.2, -0.15) is 0 Å². The van der Waals surface area contributed by atoms with Crippen LogP contribution in [0.2, 0.25) is 10.0 Å². The molecule has 210 valence electrons. The van der Waals surface area contributed by atoms with Crippen molar-refractivity contribution in [2.45, 2.75) is 12.1 Å². The average molecular weight is 628 g/mol. The van der Waals surface area contributed by atoms with E-state index >= 15 is 0 Å². The number of rotatable bonds is 3. The lowest BCUT2D eigenvalue weighted by Crippen LogP contribution is -2.53. The zero-order valence-electron chi connectivity index (χ0n) is 21.8. The van der Waals surface area contributed by atoms with Gasteiger partial charge < -0.3 is 9.32 Å². The number of carbonyl (C=O) groups is 2. The third-order valence-corrected chi connectivity index (χ3v) is 9.34. The summed E-state index contributed by atoms with van der Waals surface area (Å²) in [7, 11) is 0. The Bertz CT molecular complexity index is 2250. The molecule has 0 saturated heterocycles. The first kappa shape index (κ1) is 26.1. The van der Waals surface area contributed by atoms with Crippen molar-refractivity contribution < 1.29 is 18.4 Å². The molecule has 4 heterocycles. The van der Waals surface area contributed by atoms with E-state index in [1.165, 1.54) is 45.4 Å². The molecule has 11 heteroatoms. The minimum atomic E-state index is -1.93. The monoisotopic (exact) mass is 627 g/mol. The van der Waals surface area contributed by atoms with Crippen LogP contribution >= 0.6 is 34.5 Å². The van der Waals surface area contributed by atoms with Gasteiger partial charge in [-0.05, 0) is 60.2 Å². The molecular formula is C32H16Cl2FN3O4S. The van der Waals surface area contributed by atoms with E-state index < -0.39 is 28.6 Å². The Hall–Kier alpha value is -4.57. The van der Waals surface area contributed by atoms with E-state index in [9.17, 15) is 18.8 Å². The number of carbonyl (C=O) groups excluding carboxylic acids is 2. The smallest absolute Gasteiger partial charge is 0.297 e. The van der Waals surface area contributed by atoms with Gasteiger partial charge in [0.1, 0.15) is 11.4 Å². The normalized spacial score (nSPS) is 17.5. The first-order chi connectivity index (χ1) is 20.8. The van der Waals surface area contributed by atoms with Crippen molar-refractivity contribution in [3.05, 3.63) is 133 Å². The molecule has 8 rings (SSSR count). The molecule has 0 aliphatic carbocycles. The van der Waals surface area contributed by atoms with Crippen molar-refractivity contribution in [3.63, 3.8) is 0 Å². The Morgan fingerprint density at radius 1 is 0.907 bits per heavy atom. The number of anilines is 2. The highest BCUT2D eigenvalue weighted by atomic mass is 35.5. The zero-order valence-corrected chi connectivity index (χ0v) is 24.1. The summed E-state index contributed by atoms with van der Waals surface area (Å²) in [5.74, 6) is -1.88. The van der Waals surface area contributed by atoms with Gasteiger partial charge in [0.25, 0.3) is 11.8 Å². The van der Waals surface area contributed by atoms with Gasteiger partial charge in [0, 0.05) is 15.6 Å². The molecular weight excluding hydrogens is 612 g/mol. The summed E-state index contributed by atoms with van der Waals surface area (Å²) in [6, 6.07) is 22.5. The van der Waals surface area contributed by atoms with Crippen molar-refractivity contribution in [3.8, 4) is 0 Å². The van der Waals surface area contributed by atoms with Gasteiger partial charge in [0.05, 0.1) is 33.4 Å². The highest BCUT2D eigenvalue weighted by Gasteiger charge is 2.66. The molecule has 2 aliphatic heterocycles. The number of aromatic nitrogens is 1. The Kier molecular flexibility index (Phi) is 5.59. The highest BCUT2D eigenvalue weighted by molar-refractivity contribution is 7.22. The van der Waals surface area contributed by atoms with Gasteiger partial charge in [0.15, 0.2) is 16.1 Å². The number of benzene rings is 4. The van der Waals surface area contributed by atoms with E-state index in [-0.39, 0.29) is 34.0 Å². The standard InChI is InChI=1S/C32H16Cl2FN3O4S/c33-17-8-12-24-20(13-17)27(39)26-28(42-24)29(40)38(31-36-22-11-7-18(34)14-25(22)43-31)32(26)21-3-1-2-4-23(21)37(30(32)41)15-16-5-9-19(35)10-6-16/h1-14H,15H2. The third kappa shape index (κ3) is 3.59. The third-order valence-electron chi connectivity index (χ3n) is 7.87. The van der Waals surface area contributed by atoms with Crippen LogP contribution in [0.15, 0.2) is 94.1 Å². The van der Waals surface area contributed by atoms with Crippen molar-refractivity contribution >= 4 is 78.4 Å². The number of amides is 2. The van der Waals surface area contributed by atoms with Crippen LogP contribution in [0.1, 0.15) is 27.2 Å². The second-order valence-corrected chi connectivity index (χ2v) is 12.2. The molecule has 43 heavy (non-hydrogen) atoms. The molecule has 2 amide bonds. The first-order valence-corrected chi connectivity index (χ1v) is 14.7. The summed E-state index contributed by atoms with van der Waals surface area (Å²) >= 11 is 13.7. The average Bonchev–Trinajstić information content (AvgIpc) is 3.60. The molecule has 0 fully saturated rings. The van der Waals surface area contributed by atoms with Crippen molar-refractivity contribution in [2.75, 3.05) is 9.80 Å². The van der Waals surface area contributed by atoms with E-state index in [1.54, 1.807) is 60.7 Å². The largest absolute Gasteiger partial charge is 0.450 e. The Balaban J connectivity index is 1.45. The van der Waals surface area contributed by atoms with Crippen molar-refractivity contribution in [1.29, 1.82) is 0 Å². The maximum atomic E-state index is 15.0. The lowest BCUT2D eigenvalue weighted by atomic mass is 9.84. The fraction of sp³-hybridized carbons (Fsp3) is 0.0625. The summed E-state index contributed by atoms with van der Waals surface area (Å²) in [5.41, 5.74) is -0.285. The van der Waals surface area contributed by atoms with Gasteiger partial charge >= 0.3 is 0 Å². The molecule has 0 N–H and O–H groups in total. The maximum Gasteiger partial charge on any atom is 0.297 e. The number of hydrogen-bond donors (Lipinski definition) is 0. The number of nitrogens with zero attached hydrogens (tertiary/aromatic N) is 3. The SMILES string of the molecule is O=C1c2oc3ccc(Cl)cc3c(=O)c2C2(C(=O)N(Cc3ccc(F)cc3)c3ccccc32)N1c1nc2ccc(Cl)cc2s1. The Morgan fingerprint density at radius 3 is 2.47 bits per heavy atom. The Morgan fingerprint density at radius 2 is 1.65 bits per heavy atom. The van der Waals surface area contributed by atoms with E-state index in [2.05, 4.69) is 0 Å². The predicted molar refractivity (Wildman–Crippen MR) is 164 cm³/mol. The second-order valence-electron chi connectivity index (χ2n) is 10.3. The molecule has 2 aromatic heterocycles. The summed E-state index contributed by atoms with van der Waals surface area (Å²) in [5, 5.41) is 1.12. The molecule has 7 nitrogen and oxygen atoms in total. The molecule has 6 aromatic rings. The molecule has 2 aliphatic rings. The molecule has 1 unspecified atom stereocenters. The first-order valence-electron chi connectivity index (χ1n) is 13.1. The molecule has 1 atom stereocenters. The van der Waals surface area contributed by atoms with Crippen LogP contribution in [0.25, 0.3) is 21.2 Å². The summed E-state index contributed by atoms with van der Waals surface area (Å²) in [6.45, 7) is 0.0649. The molecule has 1 spiro atoms. The van der Waals surface area contributed by atoms with Crippen molar-refractivity contribution in [2.24, 2.45) is 0 Å². The van der Waals surface area contributed by atoms with Crippen LogP contribution in [0.4, 0.5) is 15.2 Å². The number of fused-ring (bicyclic) bond motifs is 6. The van der Waals surface area contributed by atoms with Gasteiger partial charge in [-0.25, -0.2) is 9.37 Å². The van der Waals surface area contributed by atoms with E-state index in [0.717, 1.165) is 0 Å². The number of para-hydroxylation sites is 1. The number of thiazole rings is 1. The molecule has 0 saturated carbocycles. The van der Waals surface area contributed by atoms with Gasteiger partial charge in [-0.1, -0.05) is 64.9 Å². The summed E-state index contributed by atoms with van der Waals surface area (Å²) in [4.78, 5) is 51.3. The van der Waals surface area contributed by atoms with E-state index in [4.69, 9.17) is 32.6 Å². The van der Waals surface area contributed by atoms with Gasteiger partial charge in [-0.3, -0.25) is 19.3 Å². The van der Waals surface area contributed by atoms with Crippen LogP contribution in [-0.4, -0.2) is 16.8 Å². The molecule has 0 radical (unpaired) electrons. The summed E-state index contributed by atoms with van der Waals surface area (Å²) in [6.07, 6.45) is 0. The topological polar surface area (TPSA) is 83.7 Å². The van der Waals surface area contributed by atoms with E-state index in [0.29, 0.717) is 37.1 Å². The minimum Gasteiger partial charge on any atom is -0.450 e. The number of halogens is 3. The predicted octanol–water partition coefficient (Wildman–Crippen LogP) is 7.30. The van der Waals surface area contributed by atoms with Gasteiger partial charge in [0.2, 0.25) is 5.76 Å². The van der Waals surface area contributed by atoms with Crippen LogP contribution < -0.4 is 15.2 Å². The minimum absolute atomic E-state index is 0.0649. The Labute approximate surface area is 256 Å². The fourth-order valence-corrected chi connectivity index (χ4v) is 7.51.